The fraction of sp³-hybridized carbons (Fsp3) is 0.500. The van der Waals surface area contributed by atoms with Crippen molar-refractivity contribution in [1.82, 2.24) is 25.2 Å². The maximum absolute atomic E-state index is 15.0. The van der Waals surface area contributed by atoms with Gasteiger partial charge < -0.3 is 19.9 Å². The van der Waals surface area contributed by atoms with E-state index in [4.69, 9.17) is 4.74 Å². The van der Waals surface area contributed by atoms with Crippen LogP contribution in [-0.2, 0) is 4.74 Å². The molecule has 0 unspecified atom stereocenters. The first-order chi connectivity index (χ1) is 18.9. The van der Waals surface area contributed by atoms with Crippen LogP contribution in [0.25, 0.3) is 10.9 Å². The Balaban J connectivity index is 1.05. The number of H-pyrrole nitrogens is 1. The van der Waals surface area contributed by atoms with Crippen LogP contribution in [0.4, 0.5) is 14.5 Å². The Morgan fingerprint density at radius 2 is 1.79 bits per heavy atom. The lowest BCUT2D eigenvalue weighted by molar-refractivity contribution is 0.0693. The van der Waals surface area contributed by atoms with Gasteiger partial charge in [0.1, 0.15) is 17.3 Å². The van der Waals surface area contributed by atoms with Gasteiger partial charge >= 0.3 is 0 Å². The largest absolute Gasteiger partial charge is 0.381 e. The number of benzene rings is 1. The lowest BCUT2D eigenvalue weighted by Crippen LogP contribution is -2.50. The molecule has 4 heterocycles. The third-order valence-corrected chi connectivity index (χ3v) is 8.27. The molecular formula is C28H32F2N6O3. The van der Waals surface area contributed by atoms with E-state index in [0.29, 0.717) is 49.4 Å². The minimum absolute atomic E-state index is 0.0286. The monoisotopic (exact) mass is 538 g/mol. The summed E-state index contributed by atoms with van der Waals surface area (Å²) in [5.41, 5.74) is 0.698. The first kappa shape index (κ1) is 25.8. The standard InChI is InChI=1S/C28H32F2N6O3/c29-18-2-4-22-21(16-18)27(37)34-26(33-22)17-1-3-20(15-17)35-9-11-36(12-10-35)24-6-5-23(32-25(24)30)28(38)31-19-7-13-39-14-8-19/h2,4-6,16-17,19-20H,1,3,7-15H2,(H,31,38)(H,33,34,37)/t17-,20-/m1/s1. The summed E-state index contributed by atoms with van der Waals surface area (Å²) in [4.78, 5) is 40.9. The van der Waals surface area contributed by atoms with Gasteiger partial charge in [-0.25, -0.2) is 14.4 Å². The van der Waals surface area contributed by atoms with Gasteiger partial charge in [0.05, 0.1) is 16.6 Å². The van der Waals surface area contributed by atoms with Gasteiger partial charge in [0.15, 0.2) is 0 Å². The Bertz CT molecular complexity index is 1420. The number of amides is 1. The van der Waals surface area contributed by atoms with Crippen LogP contribution < -0.4 is 15.8 Å². The molecule has 3 aliphatic rings. The molecule has 2 aliphatic heterocycles. The topological polar surface area (TPSA) is 103 Å². The molecule has 2 atom stereocenters. The molecule has 0 radical (unpaired) electrons. The predicted octanol–water partition coefficient (Wildman–Crippen LogP) is 2.96. The van der Waals surface area contributed by atoms with Crippen LogP contribution in [0, 0.1) is 11.8 Å². The number of hydrogen-bond acceptors (Lipinski definition) is 7. The Morgan fingerprint density at radius 3 is 2.56 bits per heavy atom. The fourth-order valence-corrected chi connectivity index (χ4v) is 6.08. The van der Waals surface area contributed by atoms with E-state index in [9.17, 15) is 18.4 Å². The summed E-state index contributed by atoms with van der Waals surface area (Å²) in [6.45, 7) is 4.10. The van der Waals surface area contributed by atoms with Crippen molar-refractivity contribution in [3.8, 4) is 0 Å². The summed E-state index contributed by atoms with van der Waals surface area (Å²) < 4.78 is 33.8. The summed E-state index contributed by atoms with van der Waals surface area (Å²) in [6.07, 6.45) is 4.27. The van der Waals surface area contributed by atoms with E-state index >= 15 is 0 Å². The maximum atomic E-state index is 15.0. The number of rotatable bonds is 5. The number of ether oxygens (including phenoxy) is 1. The highest BCUT2D eigenvalue weighted by molar-refractivity contribution is 5.92. The van der Waals surface area contributed by atoms with E-state index in [-0.39, 0.29) is 34.5 Å². The average molecular weight is 539 g/mol. The quantitative estimate of drug-likeness (QED) is 0.482. The SMILES string of the molecule is O=C(NC1CCOCC1)c1ccc(N2CCN([C@@H]3CC[C@@H](c4nc5ccc(F)cc5c(=O)[nH]4)C3)CC2)c(F)n1. The molecule has 2 N–H and O–H groups in total. The molecule has 1 saturated carbocycles. The van der Waals surface area contributed by atoms with Crippen molar-refractivity contribution in [2.24, 2.45) is 0 Å². The molecule has 206 valence electrons. The van der Waals surface area contributed by atoms with Crippen molar-refractivity contribution in [2.45, 2.75) is 50.1 Å². The molecule has 3 fully saturated rings. The van der Waals surface area contributed by atoms with Crippen LogP contribution in [0.3, 0.4) is 0 Å². The van der Waals surface area contributed by atoms with Gasteiger partial charge in [-0.1, -0.05) is 0 Å². The van der Waals surface area contributed by atoms with E-state index in [1.807, 2.05) is 4.90 Å². The number of nitrogens with one attached hydrogen (secondary N) is 2. The Kier molecular flexibility index (Phi) is 7.26. The number of piperazine rings is 1. The smallest absolute Gasteiger partial charge is 0.270 e. The number of pyridine rings is 1. The first-order valence-electron chi connectivity index (χ1n) is 13.7. The summed E-state index contributed by atoms with van der Waals surface area (Å²) in [6, 6.07) is 7.71. The first-order valence-corrected chi connectivity index (χ1v) is 13.7. The van der Waals surface area contributed by atoms with Crippen molar-refractivity contribution >= 4 is 22.5 Å². The second-order valence-electron chi connectivity index (χ2n) is 10.7. The molecule has 2 saturated heterocycles. The highest BCUT2D eigenvalue weighted by atomic mass is 19.1. The van der Waals surface area contributed by atoms with E-state index in [2.05, 4.69) is 25.2 Å². The molecule has 3 aromatic rings. The lowest BCUT2D eigenvalue weighted by Gasteiger charge is -2.39. The highest BCUT2D eigenvalue weighted by Gasteiger charge is 2.33. The molecule has 0 spiro atoms. The average Bonchev–Trinajstić information content (AvgIpc) is 3.44. The fourth-order valence-electron chi connectivity index (χ4n) is 6.08. The van der Waals surface area contributed by atoms with Gasteiger partial charge in [-0.2, -0.15) is 4.39 Å². The third-order valence-electron chi connectivity index (χ3n) is 8.27. The third kappa shape index (κ3) is 5.51. The van der Waals surface area contributed by atoms with E-state index in [1.165, 1.54) is 12.1 Å². The molecule has 11 heteroatoms. The highest BCUT2D eigenvalue weighted by Crippen LogP contribution is 2.36. The number of halogens is 2. The Labute approximate surface area is 224 Å². The molecule has 2 aromatic heterocycles. The van der Waals surface area contributed by atoms with Gasteiger partial charge in [0.25, 0.3) is 11.5 Å². The number of fused-ring (bicyclic) bond motifs is 1. The second-order valence-corrected chi connectivity index (χ2v) is 10.7. The van der Waals surface area contributed by atoms with Gasteiger partial charge in [0, 0.05) is 57.4 Å². The van der Waals surface area contributed by atoms with Crippen LogP contribution >= 0.6 is 0 Å². The minimum atomic E-state index is -0.629. The van der Waals surface area contributed by atoms with Gasteiger partial charge in [0.2, 0.25) is 5.95 Å². The number of nitrogens with zero attached hydrogens (tertiary/aromatic N) is 4. The number of anilines is 1. The van der Waals surface area contributed by atoms with Crippen LogP contribution in [0.1, 0.15) is 54.3 Å². The van der Waals surface area contributed by atoms with E-state index < -0.39 is 11.8 Å². The van der Waals surface area contributed by atoms with Gasteiger partial charge in [-0.3, -0.25) is 14.5 Å². The maximum Gasteiger partial charge on any atom is 0.270 e. The van der Waals surface area contributed by atoms with E-state index in [0.717, 1.165) is 45.2 Å². The van der Waals surface area contributed by atoms with Crippen LogP contribution in [0.15, 0.2) is 35.1 Å². The van der Waals surface area contributed by atoms with Crippen molar-refractivity contribution < 1.29 is 18.3 Å². The predicted molar refractivity (Wildman–Crippen MR) is 142 cm³/mol. The number of aromatic nitrogens is 3. The Morgan fingerprint density at radius 1 is 1.00 bits per heavy atom. The summed E-state index contributed by atoms with van der Waals surface area (Å²) >= 11 is 0. The zero-order valence-corrected chi connectivity index (χ0v) is 21.7. The van der Waals surface area contributed by atoms with Crippen molar-refractivity contribution in [3.05, 3.63) is 64.0 Å². The number of aromatic amines is 1. The van der Waals surface area contributed by atoms with Crippen LogP contribution in [0.2, 0.25) is 0 Å². The van der Waals surface area contributed by atoms with Crippen molar-refractivity contribution in [3.63, 3.8) is 0 Å². The van der Waals surface area contributed by atoms with Crippen molar-refractivity contribution in [1.29, 1.82) is 0 Å². The molecule has 0 bridgehead atoms. The zero-order valence-electron chi connectivity index (χ0n) is 21.7. The van der Waals surface area contributed by atoms with Crippen molar-refractivity contribution in [2.75, 3.05) is 44.3 Å². The zero-order chi connectivity index (χ0) is 26.9. The van der Waals surface area contributed by atoms with Gasteiger partial charge in [-0.15, -0.1) is 0 Å². The van der Waals surface area contributed by atoms with E-state index in [1.54, 1.807) is 18.2 Å². The second kappa shape index (κ2) is 11.0. The van der Waals surface area contributed by atoms with Gasteiger partial charge in [-0.05, 0) is 62.4 Å². The molecule has 1 amide bonds. The molecule has 1 aliphatic carbocycles. The Hall–Kier alpha value is -3.44. The molecule has 39 heavy (non-hydrogen) atoms. The summed E-state index contributed by atoms with van der Waals surface area (Å²) in [5, 5.41) is 3.18. The number of carbonyl (C=O) groups is 1. The number of carbonyl (C=O) groups excluding carboxylic acids is 1. The summed E-state index contributed by atoms with van der Waals surface area (Å²) in [7, 11) is 0. The molecule has 6 rings (SSSR count). The molecule has 1 aromatic carbocycles. The van der Waals surface area contributed by atoms with Crippen LogP contribution in [-0.4, -0.2) is 77.2 Å². The minimum Gasteiger partial charge on any atom is -0.381 e. The molecular weight excluding hydrogens is 506 g/mol. The summed E-state index contributed by atoms with van der Waals surface area (Å²) in [5.74, 6) is -0.645. The number of hydrogen-bond donors (Lipinski definition) is 2. The lowest BCUT2D eigenvalue weighted by atomic mass is 10.1. The van der Waals surface area contributed by atoms with Crippen LogP contribution in [0.5, 0.6) is 0 Å². The molecule has 9 nitrogen and oxygen atoms in total. The normalized spacial score (nSPS) is 22.9.